The second-order valence-electron chi connectivity index (χ2n) is 9.20. The minimum atomic E-state index is -0.439. The number of ether oxygens (including phenoxy) is 3. The maximum absolute atomic E-state index is 12.0. The van der Waals surface area contributed by atoms with Gasteiger partial charge in [-0.25, -0.2) is 0 Å². The molecule has 1 saturated heterocycles. The van der Waals surface area contributed by atoms with Crippen LogP contribution in [0.25, 0.3) is 5.57 Å². The van der Waals surface area contributed by atoms with Crippen molar-refractivity contribution in [2.45, 2.75) is 76.7 Å². The molecule has 2 heterocycles. The van der Waals surface area contributed by atoms with Crippen molar-refractivity contribution in [3.8, 4) is 5.75 Å². The molecule has 2 fully saturated rings. The first-order valence-corrected chi connectivity index (χ1v) is 11.7. The van der Waals surface area contributed by atoms with Crippen LogP contribution in [0.1, 0.15) is 69.4 Å². The summed E-state index contributed by atoms with van der Waals surface area (Å²) < 4.78 is 17.9. The van der Waals surface area contributed by atoms with Gasteiger partial charge >= 0.3 is 5.97 Å². The summed E-state index contributed by atoms with van der Waals surface area (Å²) >= 11 is 0. The normalized spacial score (nSPS) is 26.3. The van der Waals surface area contributed by atoms with Crippen LogP contribution in [-0.2, 0) is 20.9 Å². The van der Waals surface area contributed by atoms with Gasteiger partial charge < -0.3 is 14.2 Å². The highest BCUT2D eigenvalue weighted by Crippen LogP contribution is 2.41. The molecule has 5 heteroatoms. The summed E-state index contributed by atoms with van der Waals surface area (Å²) in [6, 6.07) is 7.29. The van der Waals surface area contributed by atoms with Gasteiger partial charge in [-0.15, -0.1) is 0 Å². The number of allylic oxidation sites excluding steroid dienone is 2. The van der Waals surface area contributed by atoms with Crippen LogP contribution in [0.5, 0.6) is 5.75 Å². The Morgan fingerprint density at radius 3 is 2.73 bits per heavy atom. The van der Waals surface area contributed by atoms with Crippen molar-refractivity contribution in [3.05, 3.63) is 35.4 Å². The Morgan fingerprint density at radius 2 is 2.07 bits per heavy atom. The molecule has 1 atom stereocenters. The van der Waals surface area contributed by atoms with E-state index >= 15 is 0 Å². The van der Waals surface area contributed by atoms with Gasteiger partial charge in [0.15, 0.2) is 0 Å². The quantitative estimate of drug-likeness (QED) is 0.673. The molecule has 1 spiro atoms. The molecule has 0 N–H and O–H groups in total. The summed E-state index contributed by atoms with van der Waals surface area (Å²) in [6.45, 7) is 5.09. The molecule has 1 aromatic carbocycles. The molecule has 1 aromatic rings. The summed E-state index contributed by atoms with van der Waals surface area (Å²) in [4.78, 5) is 14.6. The van der Waals surface area contributed by atoms with Gasteiger partial charge in [-0.05, 0) is 62.3 Å². The highest BCUT2D eigenvalue weighted by molar-refractivity contribution is 5.76. The third-order valence-corrected chi connectivity index (χ3v) is 7.40. The monoisotopic (exact) mass is 411 g/mol. The highest BCUT2D eigenvalue weighted by atomic mass is 16.7. The lowest BCUT2D eigenvalue weighted by molar-refractivity contribution is -0.231. The van der Waals surface area contributed by atoms with Gasteiger partial charge in [-0.3, -0.25) is 9.69 Å². The Kier molecular flexibility index (Phi) is 5.59. The van der Waals surface area contributed by atoms with E-state index in [1.807, 2.05) is 6.92 Å². The van der Waals surface area contributed by atoms with Crippen molar-refractivity contribution in [1.29, 1.82) is 0 Å². The lowest BCUT2D eigenvalue weighted by atomic mass is 9.86. The van der Waals surface area contributed by atoms with Crippen LogP contribution in [-0.4, -0.2) is 42.4 Å². The van der Waals surface area contributed by atoms with E-state index in [1.165, 1.54) is 30.4 Å². The van der Waals surface area contributed by atoms with E-state index < -0.39 is 5.79 Å². The van der Waals surface area contributed by atoms with Crippen molar-refractivity contribution in [1.82, 2.24) is 4.90 Å². The molecule has 162 valence electrons. The number of hydrogen-bond donors (Lipinski definition) is 0. The van der Waals surface area contributed by atoms with E-state index in [0.29, 0.717) is 13.2 Å². The largest absolute Gasteiger partial charge is 0.466 e. The second-order valence-corrected chi connectivity index (χ2v) is 9.20. The fraction of sp³-hybridized carbons (Fsp3) is 0.640. The summed E-state index contributed by atoms with van der Waals surface area (Å²) in [6.07, 6.45) is 10.7. The predicted molar refractivity (Wildman–Crippen MR) is 115 cm³/mol. The van der Waals surface area contributed by atoms with Gasteiger partial charge in [0.1, 0.15) is 5.75 Å². The van der Waals surface area contributed by atoms with E-state index in [1.54, 1.807) is 0 Å². The van der Waals surface area contributed by atoms with Crippen LogP contribution in [0.2, 0.25) is 0 Å². The maximum Gasteiger partial charge on any atom is 0.309 e. The number of carbonyl (C=O) groups is 1. The molecule has 5 rings (SSSR count). The van der Waals surface area contributed by atoms with E-state index in [4.69, 9.17) is 14.2 Å². The Morgan fingerprint density at radius 1 is 1.23 bits per heavy atom. The number of hydrogen-bond acceptors (Lipinski definition) is 5. The zero-order valence-electron chi connectivity index (χ0n) is 18.0. The summed E-state index contributed by atoms with van der Waals surface area (Å²) in [5.74, 6) is 0.478. The fourth-order valence-electron chi connectivity index (χ4n) is 5.23. The first kappa shape index (κ1) is 20.1. The average molecular weight is 412 g/mol. The lowest BCUT2D eigenvalue weighted by Crippen LogP contribution is -2.54. The van der Waals surface area contributed by atoms with Gasteiger partial charge in [0.05, 0.1) is 19.1 Å². The molecule has 0 radical (unpaired) electrons. The lowest BCUT2D eigenvalue weighted by Gasteiger charge is -2.47. The highest BCUT2D eigenvalue weighted by Gasteiger charge is 2.42. The topological polar surface area (TPSA) is 48.0 Å². The number of benzene rings is 1. The maximum atomic E-state index is 12.0. The Balaban J connectivity index is 1.23. The molecule has 1 saturated carbocycles. The van der Waals surface area contributed by atoms with E-state index in [2.05, 4.69) is 29.2 Å². The Hall–Kier alpha value is -1.85. The fourth-order valence-corrected chi connectivity index (χ4v) is 5.23. The number of esters is 1. The first-order chi connectivity index (χ1) is 14.7. The van der Waals surface area contributed by atoms with Crippen LogP contribution in [0.4, 0.5) is 0 Å². The van der Waals surface area contributed by atoms with Gasteiger partial charge in [0.2, 0.25) is 5.79 Å². The number of fused-ring (bicyclic) bond motifs is 1. The molecule has 30 heavy (non-hydrogen) atoms. The SMILES string of the molecule is CCOC(=O)C1CC=C(c2ccc3c(c2)COC2(CCN(C4CCC4)CC2)O3)CC1. The molecular weight excluding hydrogens is 378 g/mol. The molecular formula is C25H33NO4. The van der Waals surface area contributed by atoms with Crippen molar-refractivity contribution in [3.63, 3.8) is 0 Å². The molecule has 1 unspecified atom stereocenters. The zero-order chi connectivity index (χ0) is 20.6. The smallest absolute Gasteiger partial charge is 0.309 e. The number of nitrogens with zero attached hydrogens (tertiary/aromatic N) is 1. The predicted octanol–water partition coefficient (Wildman–Crippen LogP) is 4.69. The van der Waals surface area contributed by atoms with Crippen LogP contribution in [0, 0.1) is 5.92 Å². The Bertz CT molecular complexity index is 820. The van der Waals surface area contributed by atoms with Crippen LogP contribution >= 0.6 is 0 Å². The van der Waals surface area contributed by atoms with E-state index in [0.717, 1.165) is 62.5 Å². The third-order valence-electron chi connectivity index (χ3n) is 7.40. The zero-order valence-corrected chi connectivity index (χ0v) is 18.0. The van der Waals surface area contributed by atoms with E-state index in [-0.39, 0.29) is 11.9 Å². The minimum Gasteiger partial charge on any atom is -0.466 e. The third kappa shape index (κ3) is 3.90. The van der Waals surface area contributed by atoms with Crippen molar-refractivity contribution >= 4 is 11.5 Å². The van der Waals surface area contributed by atoms with Crippen molar-refractivity contribution in [2.24, 2.45) is 5.92 Å². The minimum absolute atomic E-state index is 0.00338. The molecule has 4 aliphatic rings. The first-order valence-electron chi connectivity index (χ1n) is 11.7. The molecule has 5 nitrogen and oxygen atoms in total. The van der Waals surface area contributed by atoms with Crippen molar-refractivity contribution < 1.29 is 19.0 Å². The molecule has 2 aliphatic heterocycles. The summed E-state index contributed by atoms with van der Waals surface area (Å²) in [5, 5.41) is 0. The van der Waals surface area contributed by atoms with Crippen LogP contribution in [0.15, 0.2) is 24.3 Å². The van der Waals surface area contributed by atoms with Crippen molar-refractivity contribution in [2.75, 3.05) is 19.7 Å². The van der Waals surface area contributed by atoms with Gasteiger partial charge in [-0.1, -0.05) is 18.6 Å². The standard InChI is InChI=1S/C25H33NO4/c1-2-28-24(27)19-8-6-18(7-9-19)20-10-11-23-21(16-20)17-29-25(30-23)12-14-26(15-13-25)22-4-3-5-22/h6,10-11,16,19,22H,2-5,7-9,12-15,17H2,1H3. The van der Waals surface area contributed by atoms with Crippen LogP contribution in [0.3, 0.4) is 0 Å². The van der Waals surface area contributed by atoms with Gasteiger partial charge in [0.25, 0.3) is 0 Å². The molecule has 0 aromatic heterocycles. The number of likely N-dealkylation sites (tertiary alicyclic amines) is 1. The number of carbonyl (C=O) groups excluding carboxylic acids is 1. The molecule has 2 aliphatic carbocycles. The molecule has 0 amide bonds. The Labute approximate surface area is 179 Å². The molecule has 0 bridgehead atoms. The van der Waals surface area contributed by atoms with E-state index in [9.17, 15) is 4.79 Å². The summed E-state index contributed by atoms with van der Waals surface area (Å²) in [5.41, 5.74) is 3.67. The average Bonchev–Trinajstić information content (AvgIpc) is 2.74. The van der Waals surface area contributed by atoms with Crippen LogP contribution < -0.4 is 4.74 Å². The van der Waals surface area contributed by atoms with Gasteiger partial charge in [0, 0.05) is 37.5 Å². The summed E-state index contributed by atoms with van der Waals surface area (Å²) in [7, 11) is 0. The second kappa shape index (κ2) is 8.35. The van der Waals surface area contributed by atoms with Gasteiger partial charge in [-0.2, -0.15) is 0 Å². The number of piperidine rings is 1. The number of rotatable bonds is 4.